The maximum atomic E-state index is 13.1. The number of aryl methyl sites for hydroxylation is 3. The number of nitrogens with zero attached hydrogens (tertiary/aromatic N) is 4. The van der Waals surface area contributed by atoms with E-state index >= 15 is 0 Å². The molecule has 1 fully saturated rings. The van der Waals surface area contributed by atoms with Crippen LogP contribution < -0.4 is 4.90 Å². The number of nitrogens with one attached hydrogen (secondary N) is 1. The Morgan fingerprint density at radius 2 is 1.58 bits per heavy atom. The summed E-state index contributed by atoms with van der Waals surface area (Å²) < 4.78 is 0. The van der Waals surface area contributed by atoms with Gasteiger partial charge in [0.15, 0.2) is 0 Å². The van der Waals surface area contributed by atoms with E-state index in [4.69, 9.17) is 0 Å². The van der Waals surface area contributed by atoms with Crippen LogP contribution in [0.3, 0.4) is 0 Å². The second-order valence-corrected chi connectivity index (χ2v) is 13.0. The number of hydrogen-bond donors (Lipinski definition) is 1. The van der Waals surface area contributed by atoms with Crippen molar-refractivity contribution in [1.29, 1.82) is 0 Å². The number of nitro benzene ring substituents is 1. The summed E-state index contributed by atoms with van der Waals surface area (Å²) in [6, 6.07) is 30.8. The minimum atomic E-state index is -0.350. The number of amides is 2. The highest BCUT2D eigenvalue weighted by atomic mass is 16.6. The van der Waals surface area contributed by atoms with Crippen LogP contribution in [0.2, 0.25) is 0 Å². The lowest BCUT2D eigenvalue weighted by molar-refractivity contribution is -0.384. The van der Waals surface area contributed by atoms with Crippen molar-refractivity contribution in [3.05, 3.63) is 129 Å². The molecule has 6 rings (SSSR count). The zero-order chi connectivity index (χ0) is 33.6. The number of H-pyrrole nitrogens is 1. The van der Waals surface area contributed by atoms with Gasteiger partial charge in [0.2, 0.25) is 0 Å². The number of benzene rings is 4. The van der Waals surface area contributed by atoms with E-state index in [-0.39, 0.29) is 16.6 Å². The molecule has 0 radical (unpaired) electrons. The molecule has 48 heavy (non-hydrogen) atoms. The lowest BCUT2D eigenvalue weighted by Gasteiger charge is -2.23. The fourth-order valence-electron chi connectivity index (χ4n) is 6.97. The second-order valence-electron chi connectivity index (χ2n) is 13.0. The second kappa shape index (κ2) is 14.9. The van der Waals surface area contributed by atoms with Gasteiger partial charge in [0.05, 0.1) is 4.92 Å². The molecular formula is C40H45N5O3. The molecule has 1 aliphatic heterocycles. The van der Waals surface area contributed by atoms with Crippen molar-refractivity contribution in [2.24, 2.45) is 0 Å². The third-order valence-corrected chi connectivity index (χ3v) is 9.45. The van der Waals surface area contributed by atoms with Gasteiger partial charge in [-0.3, -0.25) is 19.9 Å². The van der Waals surface area contributed by atoms with E-state index in [1.807, 2.05) is 28.9 Å². The summed E-state index contributed by atoms with van der Waals surface area (Å²) >= 11 is 0. The first-order chi connectivity index (χ1) is 23.3. The summed E-state index contributed by atoms with van der Waals surface area (Å²) in [5, 5.41) is 12.2. The van der Waals surface area contributed by atoms with Crippen molar-refractivity contribution in [3.63, 3.8) is 0 Å². The summed E-state index contributed by atoms with van der Waals surface area (Å²) in [5.74, 6) is 0. The van der Waals surface area contributed by atoms with Gasteiger partial charge in [0.25, 0.3) is 5.69 Å². The van der Waals surface area contributed by atoms with Gasteiger partial charge >= 0.3 is 6.03 Å². The van der Waals surface area contributed by atoms with Crippen LogP contribution in [0.1, 0.15) is 47.6 Å². The van der Waals surface area contributed by atoms with Crippen LogP contribution in [0.5, 0.6) is 0 Å². The predicted molar refractivity (Wildman–Crippen MR) is 195 cm³/mol. The number of carbonyl (C=O) groups excluding carboxylic acids is 1. The number of anilines is 1. The highest BCUT2D eigenvalue weighted by Crippen LogP contribution is 2.35. The summed E-state index contributed by atoms with van der Waals surface area (Å²) in [5.41, 5.74) is 10.7. The van der Waals surface area contributed by atoms with Crippen LogP contribution in [0, 0.1) is 24.0 Å². The van der Waals surface area contributed by atoms with Crippen LogP contribution in [0.25, 0.3) is 22.2 Å². The number of aromatic nitrogens is 1. The van der Waals surface area contributed by atoms with Gasteiger partial charge in [0, 0.05) is 67.1 Å². The summed E-state index contributed by atoms with van der Waals surface area (Å²) in [4.78, 5) is 33.9. The predicted octanol–water partition coefficient (Wildman–Crippen LogP) is 8.69. The average Bonchev–Trinajstić information content (AvgIpc) is 3.64. The largest absolute Gasteiger partial charge is 0.354 e. The number of nitro groups is 1. The maximum absolute atomic E-state index is 13.1. The topological polar surface area (TPSA) is 85.7 Å². The number of hydrogen-bond acceptors (Lipinski definition) is 4. The smallest absolute Gasteiger partial charge is 0.324 e. The van der Waals surface area contributed by atoms with Gasteiger partial charge in [-0.05, 0) is 106 Å². The van der Waals surface area contributed by atoms with Crippen molar-refractivity contribution in [2.45, 2.75) is 53.0 Å². The zero-order valence-corrected chi connectivity index (χ0v) is 28.2. The number of fused-ring (bicyclic) bond motifs is 1. The first-order valence-corrected chi connectivity index (χ1v) is 17.1. The Morgan fingerprint density at radius 1 is 0.833 bits per heavy atom. The molecule has 8 nitrogen and oxygen atoms in total. The zero-order valence-electron chi connectivity index (χ0n) is 28.2. The normalized spacial score (nSPS) is 13.3. The van der Waals surface area contributed by atoms with E-state index in [0.29, 0.717) is 6.54 Å². The van der Waals surface area contributed by atoms with E-state index in [9.17, 15) is 14.9 Å². The number of aromatic amines is 1. The lowest BCUT2D eigenvalue weighted by atomic mass is 9.99. The standard InChI is InChI=1S/C40H45N5O3/c1-4-43-22-23-44(40(43)46)35-17-18-38-37(27-35)36(39(41-38)33-25-29(2)24-30(3)26-33)19-21-42(28-32-11-6-5-7-12-32)20-9-8-10-31-13-15-34(16-14-31)45(47)48/h5-7,11-18,24-27,41H,4,8-10,19-23,28H2,1-3H3. The molecule has 4 aromatic carbocycles. The lowest BCUT2D eigenvalue weighted by Crippen LogP contribution is -2.31. The van der Waals surface area contributed by atoms with Gasteiger partial charge in [-0.2, -0.15) is 0 Å². The Labute approximate surface area is 283 Å². The summed E-state index contributed by atoms with van der Waals surface area (Å²) in [7, 11) is 0. The quantitative estimate of drug-likeness (QED) is 0.0745. The summed E-state index contributed by atoms with van der Waals surface area (Å²) in [6.45, 7) is 11.2. The number of urea groups is 1. The van der Waals surface area contributed by atoms with Gasteiger partial charge in [-0.15, -0.1) is 0 Å². The highest BCUT2D eigenvalue weighted by molar-refractivity contribution is 5.99. The molecule has 1 aliphatic rings. The van der Waals surface area contributed by atoms with Crippen molar-refractivity contribution in [2.75, 3.05) is 37.6 Å². The van der Waals surface area contributed by atoms with Gasteiger partial charge < -0.3 is 9.88 Å². The van der Waals surface area contributed by atoms with Gasteiger partial charge in [0.1, 0.15) is 0 Å². The summed E-state index contributed by atoms with van der Waals surface area (Å²) in [6.07, 6.45) is 3.78. The van der Waals surface area contributed by atoms with Crippen molar-refractivity contribution in [3.8, 4) is 11.3 Å². The highest BCUT2D eigenvalue weighted by Gasteiger charge is 2.29. The first-order valence-electron chi connectivity index (χ1n) is 17.1. The molecule has 2 heterocycles. The van der Waals surface area contributed by atoms with Crippen LogP contribution >= 0.6 is 0 Å². The van der Waals surface area contributed by atoms with Crippen LogP contribution in [0.4, 0.5) is 16.2 Å². The van der Waals surface area contributed by atoms with E-state index < -0.39 is 0 Å². The molecule has 5 aromatic rings. The van der Waals surface area contributed by atoms with Crippen LogP contribution in [0.15, 0.2) is 91.0 Å². The van der Waals surface area contributed by atoms with E-state index in [0.717, 1.165) is 80.9 Å². The van der Waals surface area contributed by atoms with Crippen molar-refractivity contribution >= 4 is 28.3 Å². The monoisotopic (exact) mass is 643 g/mol. The van der Waals surface area contributed by atoms with E-state index in [2.05, 4.69) is 90.5 Å². The third kappa shape index (κ3) is 7.60. The Bertz CT molecular complexity index is 1860. The van der Waals surface area contributed by atoms with Crippen LogP contribution in [-0.2, 0) is 19.4 Å². The molecule has 2 amide bonds. The molecule has 8 heteroatoms. The number of non-ortho nitro benzene ring substituents is 1. The van der Waals surface area contributed by atoms with Crippen molar-refractivity contribution in [1.82, 2.24) is 14.8 Å². The van der Waals surface area contributed by atoms with E-state index in [1.165, 1.54) is 33.2 Å². The van der Waals surface area contributed by atoms with Crippen LogP contribution in [-0.4, -0.2) is 58.5 Å². The molecule has 0 aliphatic carbocycles. The Kier molecular flexibility index (Phi) is 10.2. The minimum absolute atomic E-state index is 0.0752. The number of likely N-dealkylation sites (N-methyl/N-ethyl adjacent to an activating group) is 1. The minimum Gasteiger partial charge on any atom is -0.354 e. The molecule has 1 saturated heterocycles. The first kappa shape index (κ1) is 33.0. The molecule has 0 saturated carbocycles. The van der Waals surface area contributed by atoms with Gasteiger partial charge in [-0.25, -0.2) is 4.79 Å². The fourth-order valence-corrected chi connectivity index (χ4v) is 6.97. The molecule has 1 aromatic heterocycles. The average molecular weight is 644 g/mol. The molecule has 248 valence electrons. The SMILES string of the molecule is CCN1CCN(c2ccc3[nH]c(-c4cc(C)cc(C)c4)c(CCN(CCCCc4ccc([N+](=O)[O-])cc4)Cc4ccccc4)c3c2)C1=O. The maximum Gasteiger partial charge on any atom is 0.324 e. The molecule has 0 bridgehead atoms. The number of carbonyl (C=O) groups is 1. The molecule has 1 N–H and O–H groups in total. The third-order valence-electron chi connectivity index (χ3n) is 9.45. The molecular weight excluding hydrogens is 598 g/mol. The number of unbranched alkanes of at least 4 members (excludes halogenated alkanes) is 1. The number of rotatable bonds is 14. The molecule has 0 unspecified atom stereocenters. The Balaban J connectivity index is 1.26. The molecule has 0 spiro atoms. The van der Waals surface area contributed by atoms with E-state index in [1.54, 1.807) is 12.1 Å². The molecule has 0 atom stereocenters. The Morgan fingerprint density at radius 3 is 2.27 bits per heavy atom. The fraction of sp³-hybridized carbons (Fsp3) is 0.325. The Hall–Kier alpha value is -4.95. The van der Waals surface area contributed by atoms with Gasteiger partial charge in [-0.1, -0.05) is 59.7 Å². The van der Waals surface area contributed by atoms with Crippen molar-refractivity contribution < 1.29 is 9.72 Å².